The van der Waals surface area contributed by atoms with Gasteiger partial charge in [-0.15, -0.1) is 0 Å². The Kier molecular flexibility index (Phi) is 6.69. The molecule has 2 aromatic rings. The number of aromatic nitrogens is 2. The van der Waals surface area contributed by atoms with Crippen LogP contribution in [-0.2, 0) is 20.9 Å². The molecule has 0 aliphatic heterocycles. The van der Waals surface area contributed by atoms with Crippen LogP contribution in [0.4, 0.5) is 11.5 Å². The second-order valence-corrected chi connectivity index (χ2v) is 8.80. The third kappa shape index (κ3) is 5.07. The van der Waals surface area contributed by atoms with Gasteiger partial charge in [0.2, 0.25) is 0 Å². The van der Waals surface area contributed by atoms with E-state index in [4.69, 9.17) is 10.5 Å². The number of nitrogen functional groups attached to an aromatic ring is 1. The molecule has 2 fully saturated rings. The first-order chi connectivity index (χ1) is 15.5. The van der Waals surface area contributed by atoms with E-state index in [1.165, 1.54) is 24.6 Å². The van der Waals surface area contributed by atoms with Gasteiger partial charge in [-0.3, -0.25) is 14.6 Å². The lowest BCUT2D eigenvalue weighted by Crippen LogP contribution is -2.52. The van der Waals surface area contributed by atoms with Crippen molar-refractivity contribution in [1.82, 2.24) is 14.9 Å². The van der Waals surface area contributed by atoms with Crippen molar-refractivity contribution in [3.63, 3.8) is 0 Å². The molecule has 2 unspecified atom stereocenters. The van der Waals surface area contributed by atoms with Crippen LogP contribution in [-0.4, -0.2) is 45.9 Å². The van der Waals surface area contributed by atoms with Crippen LogP contribution in [0.5, 0.6) is 0 Å². The molecule has 2 amide bonds. The van der Waals surface area contributed by atoms with Crippen molar-refractivity contribution in [3.8, 4) is 0 Å². The summed E-state index contributed by atoms with van der Waals surface area (Å²) in [5.74, 6) is -0.289. The zero-order valence-electron chi connectivity index (χ0n) is 18.7. The number of hydrogen-bond donors (Lipinski definition) is 2. The van der Waals surface area contributed by atoms with E-state index in [1.54, 1.807) is 25.0 Å². The molecule has 170 valence electrons. The Morgan fingerprint density at radius 2 is 1.94 bits per heavy atom. The fraction of sp³-hybridized carbons (Fsp3) is 0.500. The predicted molar refractivity (Wildman–Crippen MR) is 122 cm³/mol. The van der Waals surface area contributed by atoms with Gasteiger partial charge in [0.1, 0.15) is 5.82 Å². The highest BCUT2D eigenvalue weighted by atomic mass is 16.5. The van der Waals surface area contributed by atoms with E-state index >= 15 is 0 Å². The van der Waals surface area contributed by atoms with E-state index in [1.807, 2.05) is 12.3 Å². The molecule has 2 aromatic heterocycles. The Morgan fingerprint density at radius 3 is 2.59 bits per heavy atom. The van der Waals surface area contributed by atoms with Crippen LogP contribution in [0.3, 0.4) is 0 Å². The minimum absolute atomic E-state index is 0.105. The smallest absolute Gasteiger partial charge is 0.313 e. The summed E-state index contributed by atoms with van der Waals surface area (Å²) in [5, 5.41) is 2.67. The van der Waals surface area contributed by atoms with Crippen LogP contribution in [0.1, 0.15) is 61.3 Å². The number of anilines is 2. The van der Waals surface area contributed by atoms with Gasteiger partial charge >= 0.3 is 11.8 Å². The summed E-state index contributed by atoms with van der Waals surface area (Å²) in [6.45, 7) is 2.06. The SMILES string of the molecule is COC1CCCCC1N(Cc1ccc(C2CC2)cn1)C(=O)C(=O)Nc1cnc(N)c(C)c1. The summed E-state index contributed by atoms with van der Waals surface area (Å²) in [7, 11) is 1.66. The maximum atomic E-state index is 13.3. The van der Waals surface area contributed by atoms with Crippen molar-refractivity contribution in [2.75, 3.05) is 18.2 Å². The van der Waals surface area contributed by atoms with E-state index < -0.39 is 11.8 Å². The van der Waals surface area contributed by atoms with Gasteiger partial charge in [0.05, 0.1) is 36.3 Å². The highest BCUT2D eigenvalue weighted by Gasteiger charge is 2.36. The number of aryl methyl sites for hydroxylation is 1. The van der Waals surface area contributed by atoms with Crippen LogP contribution >= 0.6 is 0 Å². The number of amides is 2. The summed E-state index contributed by atoms with van der Waals surface area (Å²) in [4.78, 5) is 36.5. The Labute approximate surface area is 188 Å². The van der Waals surface area contributed by atoms with Crippen LogP contribution in [0.2, 0.25) is 0 Å². The number of pyridine rings is 2. The molecule has 8 heteroatoms. The molecule has 8 nitrogen and oxygen atoms in total. The average molecular weight is 438 g/mol. The summed E-state index contributed by atoms with van der Waals surface area (Å²) in [5.41, 5.74) is 8.93. The minimum Gasteiger partial charge on any atom is -0.383 e. The first-order valence-corrected chi connectivity index (χ1v) is 11.3. The fourth-order valence-corrected chi connectivity index (χ4v) is 4.38. The van der Waals surface area contributed by atoms with Gasteiger partial charge in [-0.25, -0.2) is 4.98 Å². The molecule has 2 atom stereocenters. The summed E-state index contributed by atoms with van der Waals surface area (Å²) < 4.78 is 5.69. The lowest BCUT2D eigenvalue weighted by atomic mass is 9.90. The third-order valence-corrected chi connectivity index (χ3v) is 6.43. The highest BCUT2D eigenvalue weighted by molar-refractivity contribution is 6.39. The fourth-order valence-electron chi connectivity index (χ4n) is 4.38. The van der Waals surface area contributed by atoms with E-state index in [9.17, 15) is 9.59 Å². The molecule has 2 aliphatic carbocycles. The number of nitrogens with two attached hydrogens (primary N) is 1. The van der Waals surface area contributed by atoms with Gasteiger partial charge in [-0.1, -0.05) is 18.9 Å². The predicted octanol–water partition coefficient (Wildman–Crippen LogP) is 3.17. The molecule has 3 N–H and O–H groups in total. The van der Waals surface area contributed by atoms with Crippen LogP contribution in [0.25, 0.3) is 0 Å². The Bertz CT molecular complexity index is 974. The molecule has 2 aliphatic rings. The van der Waals surface area contributed by atoms with Crippen LogP contribution in [0.15, 0.2) is 30.6 Å². The van der Waals surface area contributed by atoms with Crippen LogP contribution < -0.4 is 11.1 Å². The van der Waals surface area contributed by atoms with Crippen molar-refractivity contribution in [3.05, 3.63) is 47.4 Å². The van der Waals surface area contributed by atoms with Crippen molar-refractivity contribution in [2.24, 2.45) is 0 Å². The molecule has 2 heterocycles. The quantitative estimate of drug-likeness (QED) is 0.672. The van der Waals surface area contributed by atoms with Crippen LogP contribution in [0, 0.1) is 6.92 Å². The molecule has 0 saturated heterocycles. The lowest BCUT2D eigenvalue weighted by molar-refractivity contribution is -0.148. The van der Waals surface area contributed by atoms with E-state index in [2.05, 4.69) is 21.4 Å². The highest BCUT2D eigenvalue weighted by Crippen LogP contribution is 2.39. The van der Waals surface area contributed by atoms with E-state index in [-0.39, 0.29) is 18.7 Å². The first kappa shape index (κ1) is 22.2. The first-order valence-electron chi connectivity index (χ1n) is 11.3. The monoisotopic (exact) mass is 437 g/mol. The summed E-state index contributed by atoms with van der Waals surface area (Å²) in [6.07, 6.45) is 9.36. The lowest BCUT2D eigenvalue weighted by Gasteiger charge is -2.38. The van der Waals surface area contributed by atoms with E-state index in [0.29, 0.717) is 17.4 Å². The molecule has 4 rings (SSSR count). The van der Waals surface area contributed by atoms with Crippen molar-refractivity contribution in [2.45, 2.75) is 70.1 Å². The molecule has 2 saturated carbocycles. The minimum atomic E-state index is -0.703. The largest absolute Gasteiger partial charge is 0.383 e. The summed E-state index contributed by atoms with van der Waals surface area (Å²) in [6, 6.07) is 5.57. The van der Waals surface area contributed by atoms with Gasteiger partial charge in [0.25, 0.3) is 0 Å². The molecular weight excluding hydrogens is 406 g/mol. The van der Waals surface area contributed by atoms with Gasteiger partial charge in [0.15, 0.2) is 0 Å². The molecule has 0 radical (unpaired) electrons. The standard InChI is InChI=1S/C24H31N5O3/c1-15-11-19(13-27-22(15)25)28-23(30)24(31)29(20-5-3-4-6-21(20)32-2)14-18-10-9-17(12-26-18)16-7-8-16/h9-13,16,20-21H,3-8,14H2,1-2H3,(H2,25,27)(H,28,30). The molecule has 0 bridgehead atoms. The second kappa shape index (κ2) is 9.65. The number of methoxy groups -OCH3 is 1. The molecular formula is C24H31N5O3. The van der Waals surface area contributed by atoms with Crippen molar-refractivity contribution < 1.29 is 14.3 Å². The van der Waals surface area contributed by atoms with Crippen molar-refractivity contribution >= 4 is 23.3 Å². The second-order valence-electron chi connectivity index (χ2n) is 8.80. The number of hydrogen-bond acceptors (Lipinski definition) is 6. The topological polar surface area (TPSA) is 110 Å². The number of ether oxygens (including phenoxy) is 1. The van der Waals surface area contributed by atoms with Gasteiger partial charge < -0.3 is 20.7 Å². The van der Waals surface area contributed by atoms with Crippen molar-refractivity contribution in [1.29, 1.82) is 0 Å². The maximum absolute atomic E-state index is 13.3. The van der Waals surface area contributed by atoms with Gasteiger partial charge in [-0.05, 0) is 61.8 Å². The zero-order valence-corrected chi connectivity index (χ0v) is 18.7. The van der Waals surface area contributed by atoms with Gasteiger partial charge in [0, 0.05) is 13.3 Å². The Morgan fingerprint density at radius 1 is 1.16 bits per heavy atom. The molecule has 0 spiro atoms. The average Bonchev–Trinajstić information content (AvgIpc) is 3.65. The normalized spacial score (nSPS) is 20.6. The Balaban J connectivity index is 1.54. The number of nitrogens with zero attached hydrogens (tertiary/aromatic N) is 3. The Hall–Kier alpha value is -3.00. The van der Waals surface area contributed by atoms with E-state index in [0.717, 1.165) is 36.9 Å². The third-order valence-electron chi connectivity index (χ3n) is 6.43. The number of rotatable bonds is 6. The van der Waals surface area contributed by atoms with Gasteiger partial charge in [-0.2, -0.15) is 0 Å². The number of carbonyl (C=O) groups excluding carboxylic acids is 2. The zero-order chi connectivity index (χ0) is 22.7. The number of carbonyl (C=O) groups is 2. The number of nitrogens with one attached hydrogen (secondary N) is 1. The maximum Gasteiger partial charge on any atom is 0.313 e. The summed E-state index contributed by atoms with van der Waals surface area (Å²) >= 11 is 0. The molecule has 32 heavy (non-hydrogen) atoms. The molecule has 0 aromatic carbocycles.